The van der Waals surface area contributed by atoms with Crippen LogP contribution in [0.1, 0.15) is 22.8 Å². The van der Waals surface area contributed by atoms with Crippen LogP contribution < -0.4 is 4.90 Å². The van der Waals surface area contributed by atoms with Crippen LogP contribution in [0.2, 0.25) is 0 Å². The van der Waals surface area contributed by atoms with Gasteiger partial charge in [0.25, 0.3) is 0 Å². The Morgan fingerprint density at radius 1 is 1.00 bits per heavy atom. The molecule has 1 atom stereocenters. The summed E-state index contributed by atoms with van der Waals surface area (Å²) in [5, 5.41) is 10.4. The fraction of sp³-hybridized carbons (Fsp3) is 0.294. The fourth-order valence-electron chi connectivity index (χ4n) is 2.35. The lowest BCUT2D eigenvalue weighted by atomic mass is 10.0. The van der Waals surface area contributed by atoms with E-state index in [1.807, 2.05) is 37.4 Å². The fourth-order valence-corrected chi connectivity index (χ4v) is 2.35. The average molecular weight is 255 g/mol. The predicted molar refractivity (Wildman–Crippen MR) is 80.6 cm³/mol. The van der Waals surface area contributed by atoms with Crippen molar-refractivity contribution in [2.45, 2.75) is 20.0 Å². The van der Waals surface area contributed by atoms with Crippen LogP contribution in [0, 0.1) is 13.8 Å². The lowest BCUT2D eigenvalue weighted by molar-refractivity contribution is 0.185. The molecule has 0 spiro atoms. The molecule has 0 aliphatic heterocycles. The maximum atomic E-state index is 10.4. The molecule has 2 aromatic carbocycles. The Bertz CT molecular complexity index is 516. The molecule has 1 N–H and O–H groups in total. The smallest absolute Gasteiger partial charge is 0.0964 e. The number of aliphatic hydroxyl groups excluding tert-OH is 1. The molecule has 0 saturated heterocycles. The highest BCUT2D eigenvalue weighted by Gasteiger charge is 2.11. The highest BCUT2D eigenvalue weighted by atomic mass is 16.3. The van der Waals surface area contributed by atoms with Gasteiger partial charge in [-0.15, -0.1) is 0 Å². The Kier molecular flexibility index (Phi) is 4.23. The molecule has 0 amide bonds. The molecule has 100 valence electrons. The normalized spacial score (nSPS) is 12.2. The number of likely N-dealkylation sites (N-methyl/N-ethyl adjacent to an activating group) is 1. The third-order valence-electron chi connectivity index (χ3n) is 3.27. The Morgan fingerprint density at radius 3 is 2.16 bits per heavy atom. The van der Waals surface area contributed by atoms with Crippen LogP contribution in [0.15, 0.2) is 48.5 Å². The van der Waals surface area contributed by atoms with Gasteiger partial charge in [0.15, 0.2) is 0 Å². The second-order valence-corrected chi connectivity index (χ2v) is 5.15. The average Bonchev–Trinajstić information content (AvgIpc) is 2.38. The second kappa shape index (κ2) is 5.89. The molecular formula is C17H21NO. The molecule has 0 radical (unpaired) electrons. The number of benzene rings is 2. The Morgan fingerprint density at radius 2 is 1.58 bits per heavy atom. The van der Waals surface area contributed by atoms with Gasteiger partial charge in [-0.1, -0.05) is 47.5 Å². The van der Waals surface area contributed by atoms with Crippen molar-refractivity contribution >= 4 is 5.69 Å². The van der Waals surface area contributed by atoms with Crippen LogP contribution in [0.25, 0.3) is 0 Å². The first-order valence-electron chi connectivity index (χ1n) is 6.58. The lowest BCUT2D eigenvalue weighted by Gasteiger charge is -2.23. The summed E-state index contributed by atoms with van der Waals surface area (Å²) in [5.41, 5.74) is 4.49. The molecule has 0 fully saturated rings. The third-order valence-corrected chi connectivity index (χ3v) is 3.27. The zero-order valence-corrected chi connectivity index (χ0v) is 11.8. The van der Waals surface area contributed by atoms with E-state index < -0.39 is 6.10 Å². The molecule has 0 aromatic heterocycles. The summed E-state index contributed by atoms with van der Waals surface area (Å²) in [6.07, 6.45) is -0.469. The summed E-state index contributed by atoms with van der Waals surface area (Å²) in [4.78, 5) is 2.07. The number of hydrogen-bond donors (Lipinski definition) is 1. The van der Waals surface area contributed by atoms with E-state index in [1.54, 1.807) is 0 Å². The minimum absolute atomic E-state index is 0.469. The summed E-state index contributed by atoms with van der Waals surface area (Å²) in [5.74, 6) is 0. The molecule has 2 heteroatoms. The molecule has 1 unspecified atom stereocenters. The molecule has 0 heterocycles. The Hall–Kier alpha value is -1.80. The van der Waals surface area contributed by atoms with Crippen LogP contribution in [-0.2, 0) is 0 Å². The van der Waals surface area contributed by atoms with Crippen molar-refractivity contribution in [1.82, 2.24) is 0 Å². The van der Waals surface area contributed by atoms with Crippen molar-refractivity contribution in [2.24, 2.45) is 0 Å². The maximum Gasteiger partial charge on any atom is 0.0964 e. The van der Waals surface area contributed by atoms with Crippen molar-refractivity contribution in [1.29, 1.82) is 0 Å². The summed E-state index contributed by atoms with van der Waals surface area (Å²) in [6, 6.07) is 16.3. The van der Waals surface area contributed by atoms with Crippen LogP contribution in [0.5, 0.6) is 0 Å². The quantitative estimate of drug-likeness (QED) is 0.904. The van der Waals surface area contributed by atoms with Crippen LogP contribution in [-0.4, -0.2) is 18.7 Å². The highest BCUT2D eigenvalue weighted by molar-refractivity contribution is 5.45. The second-order valence-electron chi connectivity index (χ2n) is 5.15. The van der Waals surface area contributed by atoms with Gasteiger partial charge in [0.05, 0.1) is 6.10 Å². The molecule has 2 aromatic rings. The van der Waals surface area contributed by atoms with Crippen molar-refractivity contribution in [3.63, 3.8) is 0 Å². The van der Waals surface area contributed by atoms with E-state index in [0.29, 0.717) is 6.54 Å². The Labute approximate surface area is 115 Å². The molecule has 0 aliphatic rings. The number of para-hydroxylation sites is 1. The van der Waals surface area contributed by atoms with Gasteiger partial charge in [0.2, 0.25) is 0 Å². The van der Waals surface area contributed by atoms with Gasteiger partial charge in [-0.05, 0) is 31.5 Å². The van der Waals surface area contributed by atoms with Gasteiger partial charge in [0, 0.05) is 19.3 Å². The molecule has 0 aliphatic carbocycles. The molecule has 2 nitrogen and oxygen atoms in total. The third kappa shape index (κ3) is 3.58. The number of nitrogens with zero attached hydrogens (tertiary/aromatic N) is 1. The summed E-state index contributed by atoms with van der Waals surface area (Å²) in [6.45, 7) is 4.71. The first-order valence-corrected chi connectivity index (χ1v) is 6.58. The minimum Gasteiger partial charge on any atom is -0.387 e. The Balaban J connectivity index is 2.10. The lowest BCUT2D eigenvalue weighted by Crippen LogP contribution is -2.24. The summed E-state index contributed by atoms with van der Waals surface area (Å²) < 4.78 is 0. The van der Waals surface area contributed by atoms with Gasteiger partial charge in [-0.25, -0.2) is 0 Å². The van der Waals surface area contributed by atoms with Gasteiger partial charge in [-0.3, -0.25) is 0 Å². The molecule has 0 saturated carbocycles. The van der Waals surface area contributed by atoms with Gasteiger partial charge in [0.1, 0.15) is 0 Å². The standard InChI is InChI=1S/C17H21NO/c1-13-9-14(2)11-15(10-13)17(19)12-18(3)16-7-5-4-6-8-16/h4-11,17,19H,12H2,1-3H3. The van der Waals surface area contributed by atoms with Gasteiger partial charge >= 0.3 is 0 Å². The van der Waals surface area contributed by atoms with E-state index in [9.17, 15) is 5.11 Å². The molecule has 19 heavy (non-hydrogen) atoms. The van der Waals surface area contributed by atoms with E-state index in [4.69, 9.17) is 0 Å². The van der Waals surface area contributed by atoms with E-state index in [0.717, 1.165) is 11.3 Å². The van der Waals surface area contributed by atoms with Crippen molar-refractivity contribution < 1.29 is 5.11 Å². The number of aliphatic hydroxyl groups is 1. The van der Waals surface area contributed by atoms with Gasteiger partial charge < -0.3 is 10.0 Å². The number of anilines is 1. The van der Waals surface area contributed by atoms with Crippen LogP contribution >= 0.6 is 0 Å². The largest absolute Gasteiger partial charge is 0.387 e. The molecule has 0 bridgehead atoms. The zero-order valence-electron chi connectivity index (χ0n) is 11.8. The van der Waals surface area contributed by atoms with Crippen molar-refractivity contribution in [3.05, 3.63) is 65.2 Å². The SMILES string of the molecule is Cc1cc(C)cc(C(O)CN(C)c2ccccc2)c1. The topological polar surface area (TPSA) is 23.5 Å². The summed E-state index contributed by atoms with van der Waals surface area (Å²) in [7, 11) is 2.00. The van der Waals surface area contributed by atoms with E-state index in [1.165, 1.54) is 11.1 Å². The van der Waals surface area contributed by atoms with E-state index in [2.05, 4.69) is 36.9 Å². The molecular weight excluding hydrogens is 234 g/mol. The van der Waals surface area contributed by atoms with E-state index in [-0.39, 0.29) is 0 Å². The van der Waals surface area contributed by atoms with E-state index >= 15 is 0 Å². The monoisotopic (exact) mass is 255 g/mol. The zero-order chi connectivity index (χ0) is 13.8. The maximum absolute atomic E-state index is 10.4. The van der Waals surface area contributed by atoms with Gasteiger partial charge in [-0.2, -0.15) is 0 Å². The molecule has 2 rings (SSSR count). The first-order chi connectivity index (χ1) is 9.06. The minimum atomic E-state index is -0.469. The number of aryl methyl sites for hydroxylation is 2. The van der Waals surface area contributed by atoms with Crippen molar-refractivity contribution in [2.75, 3.05) is 18.5 Å². The highest BCUT2D eigenvalue weighted by Crippen LogP contribution is 2.20. The van der Waals surface area contributed by atoms with Crippen LogP contribution in [0.3, 0.4) is 0 Å². The summed E-state index contributed by atoms with van der Waals surface area (Å²) >= 11 is 0. The van der Waals surface area contributed by atoms with Crippen molar-refractivity contribution in [3.8, 4) is 0 Å². The first kappa shape index (κ1) is 13.6. The predicted octanol–water partition coefficient (Wildman–Crippen LogP) is 3.47. The van der Waals surface area contributed by atoms with Crippen LogP contribution in [0.4, 0.5) is 5.69 Å². The number of hydrogen-bond acceptors (Lipinski definition) is 2. The number of rotatable bonds is 4.